The van der Waals surface area contributed by atoms with E-state index in [1.807, 2.05) is 19.1 Å². The number of carbonyl (C=O) groups excluding carboxylic acids is 1. The zero-order valence-corrected chi connectivity index (χ0v) is 16.7. The average Bonchev–Trinajstić information content (AvgIpc) is 2.98. The zero-order chi connectivity index (χ0) is 18.5. The van der Waals surface area contributed by atoms with E-state index in [-0.39, 0.29) is 5.91 Å². The largest absolute Gasteiger partial charge is 0.441 e. The van der Waals surface area contributed by atoms with Crippen LogP contribution in [0, 0.1) is 19.8 Å². The first-order chi connectivity index (χ1) is 12.5. The molecule has 2 aromatic rings. The van der Waals surface area contributed by atoms with Gasteiger partial charge in [-0.05, 0) is 44.7 Å². The molecule has 26 heavy (non-hydrogen) atoms. The standard InChI is InChI=1S/C21H28N2O2S/c1-14-8-10-17(11-9-14)21-23-19(16(3)25-21)12-26-13-20(24)22-18-7-5-4-6-15(18)2/h8-11,15,18H,4-7,12-13H2,1-3H3,(H,22,24)/t15-,18+/m1/s1. The quantitative estimate of drug-likeness (QED) is 0.785. The van der Waals surface area contributed by atoms with E-state index in [0.29, 0.717) is 29.4 Å². The second-order valence-electron chi connectivity index (χ2n) is 7.32. The van der Waals surface area contributed by atoms with E-state index in [2.05, 4.69) is 36.3 Å². The van der Waals surface area contributed by atoms with Gasteiger partial charge in [-0.1, -0.05) is 37.5 Å². The molecule has 1 aliphatic rings. The van der Waals surface area contributed by atoms with E-state index in [1.54, 1.807) is 11.8 Å². The number of aromatic nitrogens is 1. The second kappa shape index (κ2) is 8.76. The van der Waals surface area contributed by atoms with Crippen molar-refractivity contribution in [1.29, 1.82) is 0 Å². The monoisotopic (exact) mass is 372 g/mol. The van der Waals surface area contributed by atoms with Crippen molar-refractivity contribution in [3.63, 3.8) is 0 Å². The summed E-state index contributed by atoms with van der Waals surface area (Å²) in [4.78, 5) is 16.8. The van der Waals surface area contributed by atoms with Gasteiger partial charge in [0.05, 0.1) is 11.4 Å². The number of thioether (sulfide) groups is 1. The van der Waals surface area contributed by atoms with Gasteiger partial charge in [0, 0.05) is 17.4 Å². The summed E-state index contributed by atoms with van der Waals surface area (Å²) in [6, 6.07) is 8.51. The van der Waals surface area contributed by atoms with Crippen LogP contribution in [0.5, 0.6) is 0 Å². The van der Waals surface area contributed by atoms with Crippen molar-refractivity contribution in [3.8, 4) is 11.5 Å². The normalized spacial score (nSPS) is 20.1. The fourth-order valence-corrected chi connectivity index (χ4v) is 4.23. The van der Waals surface area contributed by atoms with Gasteiger partial charge in [-0.15, -0.1) is 11.8 Å². The predicted molar refractivity (Wildman–Crippen MR) is 107 cm³/mol. The minimum Gasteiger partial charge on any atom is -0.441 e. The number of oxazole rings is 1. The van der Waals surface area contributed by atoms with Gasteiger partial charge in [0.15, 0.2) is 0 Å². The Morgan fingerprint density at radius 2 is 1.96 bits per heavy atom. The summed E-state index contributed by atoms with van der Waals surface area (Å²) < 4.78 is 5.81. The highest BCUT2D eigenvalue weighted by molar-refractivity contribution is 7.99. The van der Waals surface area contributed by atoms with Crippen molar-refractivity contribution < 1.29 is 9.21 Å². The Balaban J connectivity index is 1.50. The molecule has 1 aromatic heterocycles. The maximum Gasteiger partial charge on any atom is 0.230 e. The molecule has 4 nitrogen and oxygen atoms in total. The fraction of sp³-hybridized carbons (Fsp3) is 0.524. The van der Waals surface area contributed by atoms with Gasteiger partial charge in [0.25, 0.3) is 0 Å². The van der Waals surface area contributed by atoms with Crippen LogP contribution >= 0.6 is 11.8 Å². The van der Waals surface area contributed by atoms with Gasteiger partial charge in [0.1, 0.15) is 5.76 Å². The van der Waals surface area contributed by atoms with Crippen LogP contribution in [0.15, 0.2) is 28.7 Å². The summed E-state index contributed by atoms with van der Waals surface area (Å²) in [7, 11) is 0. The van der Waals surface area contributed by atoms with Crippen LogP contribution in [0.1, 0.15) is 49.6 Å². The Morgan fingerprint density at radius 1 is 1.23 bits per heavy atom. The molecule has 1 N–H and O–H groups in total. The van der Waals surface area contributed by atoms with E-state index >= 15 is 0 Å². The number of nitrogens with one attached hydrogen (secondary N) is 1. The number of hydrogen-bond donors (Lipinski definition) is 1. The summed E-state index contributed by atoms with van der Waals surface area (Å²) >= 11 is 1.59. The van der Waals surface area contributed by atoms with Crippen LogP contribution in [-0.4, -0.2) is 22.7 Å². The highest BCUT2D eigenvalue weighted by atomic mass is 32.2. The van der Waals surface area contributed by atoms with E-state index in [9.17, 15) is 4.79 Å². The molecule has 140 valence electrons. The van der Waals surface area contributed by atoms with Crippen molar-refractivity contribution in [2.75, 3.05) is 5.75 Å². The number of nitrogens with zero attached hydrogens (tertiary/aromatic N) is 1. The lowest BCUT2D eigenvalue weighted by Gasteiger charge is -2.29. The zero-order valence-electron chi connectivity index (χ0n) is 15.9. The summed E-state index contributed by atoms with van der Waals surface area (Å²) in [5.74, 6) is 3.36. The van der Waals surface area contributed by atoms with Crippen LogP contribution in [0.2, 0.25) is 0 Å². The smallest absolute Gasteiger partial charge is 0.230 e. The van der Waals surface area contributed by atoms with Crippen molar-refractivity contribution in [1.82, 2.24) is 10.3 Å². The molecule has 2 atom stereocenters. The van der Waals surface area contributed by atoms with Crippen LogP contribution in [0.4, 0.5) is 0 Å². The topological polar surface area (TPSA) is 55.1 Å². The van der Waals surface area contributed by atoms with Crippen LogP contribution < -0.4 is 5.32 Å². The van der Waals surface area contributed by atoms with Gasteiger partial charge in [0.2, 0.25) is 11.8 Å². The van der Waals surface area contributed by atoms with Crippen molar-refractivity contribution in [2.45, 2.75) is 58.2 Å². The van der Waals surface area contributed by atoms with E-state index < -0.39 is 0 Å². The Kier molecular flexibility index (Phi) is 6.41. The lowest BCUT2D eigenvalue weighted by molar-refractivity contribution is -0.119. The number of carbonyl (C=O) groups is 1. The SMILES string of the molecule is Cc1ccc(-c2nc(CSCC(=O)N[C@H]3CCCC[C@H]3C)c(C)o2)cc1. The molecule has 0 spiro atoms. The molecule has 1 aromatic carbocycles. The first-order valence-electron chi connectivity index (χ1n) is 9.43. The Bertz CT molecular complexity index is 739. The number of rotatable bonds is 6. The average molecular weight is 373 g/mol. The van der Waals surface area contributed by atoms with Gasteiger partial charge < -0.3 is 9.73 Å². The number of hydrogen-bond acceptors (Lipinski definition) is 4. The van der Waals surface area contributed by atoms with Crippen molar-refractivity contribution >= 4 is 17.7 Å². The summed E-state index contributed by atoms with van der Waals surface area (Å²) in [5.41, 5.74) is 3.12. The molecule has 0 unspecified atom stereocenters. The van der Waals surface area contributed by atoms with E-state index in [1.165, 1.54) is 24.8 Å². The molecule has 1 amide bonds. The lowest BCUT2D eigenvalue weighted by Crippen LogP contribution is -2.41. The molecule has 0 saturated heterocycles. The van der Waals surface area contributed by atoms with Gasteiger partial charge in [-0.2, -0.15) is 0 Å². The van der Waals surface area contributed by atoms with Crippen LogP contribution in [0.3, 0.4) is 0 Å². The first-order valence-corrected chi connectivity index (χ1v) is 10.6. The number of benzene rings is 1. The Hall–Kier alpha value is -1.75. The third kappa shape index (κ3) is 4.91. The molecule has 3 rings (SSSR count). The Labute approximate surface area is 160 Å². The molecular formula is C21H28N2O2S. The Morgan fingerprint density at radius 3 is 2.69 bits per heavy atom. The minimum atomic E-state index is 0.133. The molecule has 1 saturated carbocycles. The van der Waals surface area contributed by atoms with Crippen molar-refractivity contribution in [2.24, 2.45) is 5.92 Å². The fourth-order valence-electron chi connectivity index (χ4n) is 3.40. The molecular weight excluding hydrogens is 344 g/mol. The van der Waals surface area contributed by atoms with E-state index in [0.717, 1.165) is 23.4 Å². The highest BCUT2D eigenvalue weighted by Crippen LogP contribution is 2.25. The summed E-state index contributed by atoms with van der Waals surface area (Å²) in [6.07, 6.45) is 4.84. The van der Waals surface area contributed by atoms with Crippen molar-refractivity contribution in [3.05, 3.63) is 41.3 Å². The van der Waals surface area contributed by atoms with E-state index in [4.69, 9.17) is 4.42 Å². The molecule has 1 fully saturated rings. The number of amides is 1. The minimum absolute atomic E-state index is 0.133. The van der Waals surface area contributed by atoms with Crippen LogP contribution in [-0.2, 0) is 10.5 Å². The molecule has 1 heterocycles. The molecule has 0 radical (unpaired) electrons. The second-order valence-corrected chi connectivity index (χ2v) is 8.30. The first kappa shape index (κ1) is 19.0. The maximum atomic E-state index is 12.2. The molecule has 1 aliphatic carbocycles. The third-order valence-corrected chi connectivity index (χ3v) is 6.06. The lowest BCUT2D eigenvalue weighted by atomic mass is 9.86. The predicted octanol–water partition coefficient (Wildman–Crippen LogP) is 4.89. The molecule has 0 bridgehead atoms. The van der Waals surface area contributed by atoms with Crippen LogP contribution in [0.25, 0.3) is 11.5 Å². The van der Waals surface area contributed by atoms with Gasteiger partial charge >= 0.3 is 0 Å². The molecule has 0 aliphatic heterocycles. The third-order valence-electron chi connectivity index (χ3n) is 5.12. The van der Waals surface area contributed by atoms with Gasteiger partial charge in [-0.25, -0.2) is 4.98 Å². The van der Waals surface area contributed by atoms with Gasteiger partial charge in [-0.3, -0.25) is 4.79 Å². The molecule has 5 heteroatoms. The number of aryl methyl sites for hydroxylation is 2. The summed E-state index contributed by atoms with van der Waals surface area (Å²) in [6.45, 7) is 6.23. The highest BCUT2D eigenvalue weighted by Gasteiger charge is 2.22. The summed E-state index contributed by atoms with van der Waals surface area (Å²) in [5, 5.41) is 3.20. The maximum absolute atomic E-state index is 12.2.